The summed E-state index contributed by atoms with van der Waals surface area (Å²) in [6.07, 6.45) is 5.81. The van der Waals surface area contributed by atoms with E-state index in [1.54, 1.807) is 0 Å². The first-order valence-electron chi connectivity index (χ1n) is 11.7. The van der Waals surface area contributed by atoms with E-state index in [0.29, 0.717) is 24.9 Å². The SMILES string of the molecule is C[C@@H](c1c[nH]c2ccccc12)[C@@H](N)C(=O)NC[C@@H]1CCC[C@H](CNC(=O)OC(C)(C)C)C1. The monoisotopic (exact) mass is 442 g/mol. The van der Waals surface area contributed by atoms with Crippen molar-refractivity contribution in [3.8, 4) is 0 Å². The van der Waals surface area contributed by atoms with E-state index in [0.717, 1.165) is 42.1 Å². The predicted molar refractivity (Wildman–Crippen MR) is 127 cm³/mol. The number of carbonyl (C=O) groups is 2. The fourth-order valence-corrected chi connectivity index (χ4v) is 4.57. The Hall–Kier alpha value is -2.54. The molecule has 1 aromatic heterocycles. The first kappa shape index (κ1) is 24.1. The number of H-pyrrole nitrogens is 1. The van der Waals surface area contributed by atoms with Crippen molar-refractivity contribution in [2.45, 2.75) is 70.9 Å². The topological polar surface area (TPSA) is 109 Å². The van der Waals surface area contributed by atoms with E-state index in [1.807, 2.05) is 52.1 Å². The molecule has 1 heterocycles. The van der Waals surface area contributed by atoms with Crippen LogP contribution in [0.2, 0.25) is 0 Å². The van der Waals surface area contributed by atoms with Crippen LogP contribution in [0.5, 0.6) is 0 Å². The van der Waals surface area contributed by atoms with Gasteiger partial charge in [-0.3, -0.25) is 4.79 Å². The van der Waals surface area contributed by atoms with Crippen molar-refractivity contribution in [3.05, 3.63) is 36.0 Å². The maximum Gasteiger partial charge on any atom is 0.407 e. The molecule has 7 heteroatoms. The molecule has 4 atom stereocenters. The van der Waals surface area contributed by atoms with Crippen LogP contribution in [0.25, 0.3) is 10.9 Å². The van der Waals surface area contributed by atoms with Gasteiger partial charge in [-0.05, 0) is 63.5 Å². The molecule has 5 N–H and O–H groups in total. The van der Waals surface area contributed by atoms with E-state index in [9.17, 15) is 9.59 Å². The number of alkyl carbamates (subject to hydrolysis) is 1. The summed E-state index contributed by atoms with van der Waals surface area (Å²) < 4.78 is 5.32. The number of hydrogen-bond acceptors (Lipinski definition) is 4. The van der Waals surface area contributed by atoms with Crippen LogP contribution in [-0.4, -0.2) is 41.7 Å². The Labute approximate surface area is 190 Å². The van der Waals surface area contributed by atoms with E-state index in [2.05, 4.69) is 21.7 Å². The maximum absolute atomic E-state index is 12.8. The van der Waals surface area contributed by atoms with E-state index >= 15 is 0 Å². The Morgan fingerprint density at radius 1 is 1.16 bits per heavy atom. The summed E-state index contributed by atoms with van der Waals surface area (Å²) >= 11 is 0. The van der Waals surface area contributed by atoms with Gasteiger partial charge in [-0.2, -0.15) is 0 Å². The summed E-state index contributed by atoms with van der Waals surface area (Å²) in [5, 5.41) is 7.07. The highest BCUT2D eigenvalue weighted by Gasteiger charge is 2.27. The van der Waals surface area contributed by atoms with Crippen molar-refractivity contribution >= 4 is 22.9 Å². The number of carbonyl (C=O) groups excluding carboxylic acids is 2. The lowest BCUT2D eigenvalue weighted by molar-refractivity contribution is -0.123. The zero-order valence-corrected chi connectivity index (χ0v) is 19.7. The van der Waals surface area contributed by atoms with Gasteiger partial charge in [0.1, 0.15) is 5.60 Å². The number of fused-ring (bicyclic) bond motifs is 1. The van der Waals surface area contributed by atoms with E-state index in [-0.39, 0.29) is 17.9 Å². The molecule has 1 aromatic carbocycles. The Kier molecular flexibility index (Phi) is 7.82. The summed E-state index contributed by atoms with van der Waals surface area (Å²) in [5.41, 5.74) is 7.95. The molecule has 0 unspecified atom stereocenters. The summed E-state index contributed by atoms with van der Waals surface area (Å²) in [4.78, 5) is 27.9. The van der Waals surface area contributed by atoms with Crippen LogP contribution in [0.3, 0.4) is 0 Å². The van der Waals surface area contributed by atoms with Gasteiger partial charge in [-0.15, -0.1) is 0 Å². The summed E-state index contributed by atoms with van der Waals surface area (Å²) in [6.45, 7) is 8.80. The van der Waals surface area contributed by atoms with Crippen molar-refractivity contribution in [1.29, 1.82) is 0 Å². The molecule has 1 saturated carbocycles. The Morgan fingerprint density at radius 3 is 2.50 bits per heavy atom. The third-order valence-corrected chi connectivity index (χ3v) is 6.34. The maximum atomic E-state index is 12.8. The van der Waals surface area contributed by atoms with Crippen LogP contribution in [0.4, 0.5) is 4.79 Å². The van der Waals surface area contributed by atoms with Crippen LogP contribution in [0.15, 0.2) is 30.5 Å². The molecule has 2 aromatic rings. The zero-order chi connectivity index (χ0) is 23.3. The van der Waals surface area contributed by atoms with E-state index in [4.69, 9.17) is 10.5 Å². The molecule has 0 radical (unpaired) electrons. The number of ether oxygens (including phenoxy) is 1. The number of para-hydroxylation sites is 1. The fraction of sp³-hybridized carbons (Fsp3) is 0.600. The minimum absolute atomic E-state index is 0.0942. The Bertz CT molecular complexity index is 917. The molecular weight excluding hydrogens is 404 g/mol. The molecule has 2 amide bonds. The van der Waals surface area contributed by atoms with E-state index in [1.165, 1.54) is 0 Å². The number of amides is 2. The molecule has 1 aliphatic rings. The minimum atomic E-state index is -0.609. The lowest BCUT2D eigenvalue weighted by Crippen LogP contribution is -2.45. The average Bonchev–Trinajstić information content (AvgIpc) is 3.18. The highest BCUT2D eigenvalue weighted by Crippen LogP contribution is 2.29. The standard InChI is InChI=1S/C25H38N4O3/c1-16(20-15-27-21-11-6-5-10-19(20)21)22(26)23(30)28-13-17-8-7-9-18(12-17)14-29-24(31)32-25(2,3)4/h5-6,10-11,15-18,22,27H,7-9,12-14,26H2,1-4H3,(H,28,30)(H,29,31)/t16-,17+,18-,22+/m0/s1. The second-order valence-electron chi connectivity index (χ2n) is 10.1. The average molecular weight is 443 g/mol. The van der Waals surface area contributed by atoms with Crippen LogP contribution >= 0.6 is 0 Å². The number of nitrogens with one attached hydrogen (secondary N) is 3. The molecule has 0 spiro atoms. The second kappa shape index (κ2) is 10.4. The van der Waals surface area contributed by atoms with Crippen LogP contribution in [0, 0.1) is 11.8 Å². The second-order valence-corrected chi connectivity index (χ2v) is 10.1. The van der Waals surface area contributed by atoms with Gasteiger partial charge in [0.2, 0.25) is 5.91 Å². The van der Waals surface area contributed by atoms with Crippen molar-refractivity contribution in [3.63, 3.8) is 0 Å². The number of benzene rings is 1. The van der Waals surface area contributed by atoms with Gasteiger partial charge in [0.15, 0.2) is 0 Å². The quantitative estimate of drug-likeness (QED) is 0.519. The van der Waals surface area contributed by atoms with Crippen molar-refractivity contribution in [2.75, 3.05) is 13.1 Å². The zero-order valence-electron chi connectivity index (χ0n) is 19.7. The summed E-state index contributed by atoms with van der Waals surface area (Å²) in [6, 6.07) is 7.45. The smallest absolute Gasteiger partial charge is 0.407 e. The van der Waals surface area contributed by atoms with E-state index < -0.39 is 11.6 Å². The third kappa shape index (κ3) is 6.48. The van der Waals surface area contributed by atoms with Crippen LogP contribution < -0.4 is 16.4 Å². The molecule has 32 heavy (non-hydrogen) atoms. The third-order valence-electron chi connectivity index (χ3n) is 6.34. The molecule has 0 aliphatic heterocycles. The minimum Gasteiger partial charge on any atom is -0.444 e. The molecule has 7 nitrogen and oxygen atoms in total. The molecule has 3 rings (SSSR count). The number of hydrogen-bond donors (Lipinski definition) is 4. The molecule has 1 fully saturated rings. The molecule has 1 aliphatic carbocycles. The van der Waals surface area contributed by atoms with Gasteiger partial charge in [-0.1, -0.05) is 31.5 Å². The molecule has 0 saturated heterocycles. The number of nitrogens with two attached hydrogens (primary N) is 1. The number of rotatable bonds is 7. The van der Waals surface area contributed by atoms with Crippen LogP contribution in [-0.2, 0) is 9.53 Å². The highest BCUT2D eigenvalue weighted by molar-refractivity contribution is 5.87. The molecular formula is C25H38N4O3. The highest BCUT2D eigenvalue weighted by atomic mass is 16.6. The first-order chi connectivity index (χ1) is 15.1. The van der Waals surface area contributed by atoms with Crippen molar-refractivity contribution in [1.82, 2.24) is 15.6 Å². The molecule has 0 bridgehead atoms. The van der Waals surface area contributed by atoms with Gasteiger partial charge >= 0.3 is 6.09 Å². The van der Waals surface area contributed by atoms with Gasteiger partial charge in [0, 0.05) is 36.1 Å². The Balaban J connectivity index is 1.46. The number of aromatic nitrogens is 1. The number of aromatic amines is 1. The van der Waals surface area contributed by atoms with Gasteiger partial charge in [0.25, 0.3) is 0 Å². The van der Waals surface area contributed by atoms with Crippen molar-refractivity contribution < 1.29 is 14.3 Å². The molecule has 176 valence electrons. The normalized spacial score (nSPS) is 21.0. The first-order valence-corrected chi connectivity index (χ1v) is 11.7. The lowest BCUT2D eigenvalue weighted by Gasteiger charge is -2.30. The van der Waals surface area contributed by atoms with Crippen LogP contribution in [0.1, 0.15) is 64.9 Å². The predicted octanol–water partition coefficient (Wildman–Crippen LogP) is 4.05. The fourth-order valence-electron chi connectivity index (χ4n) is 4.57. The Morgan fingerprint density at radius 2 is 1.81 bits per heavy atom. The van der Waals surface area contributed by atoms with Gasteiger partial charge in [0.05, 0.1) is 6.04 Å². The lowest BCUT2D eigenvalue weighted by atomic mass is 9.81. The summed E-state index contributed by atoms with van der Waals surface area (Å²) in [5.74, 6) is 0.589. The van der Waals surface area contributed by atoms with Crippen molar-refractivity contribution in [2.24, 2.45) is 17.6 Å². The van der Waals surface area contributed by atoms with Gasteiger partial charge < -0.3 is 26.1 Å². The largest absolute Gasteiger partial charge is 0.444 e. The van der Waals surface area contributed by atoms with Gasteiger partial charge in [-0.25, -0.2) is 4.79 Å². The summed E-state index contributed by atoms with van der Waals surface area (Å²) in [7, 11) is 0.